The molecule has 1 heterocycles. The van der Waals surface area contributed by atoms with Crippen LogP contribution in [0, 0.1) is 0 Å². The van der Waals surface area contributed by atoms with Gasteiger partial charge in [-0.3, -0.25) is 9.69 Å². The number of carboxylic acids is 1. The second kappa shape index (κ2) is 6.10. The Morgan fingerprint density at radius 2 is 2.05 bits per heavy atom. The Bertz CT molecular complexity index is 434. The molecule has 1 saturated heterocycles. The van der Waals surface area contributed by atoms with Gasteiger partial charge < -0.3 is 5.11 Å². The predicted octanol–water partition coefficient (Wildman–Crippen LogP) is 3.06. The average Bonchev–Trinajstić information content (AvgIpc) is 2.76. The minimum atomic E-state index is -2.44. The normalized spacial score (nSPS) is 20.1. The van der Waals surface area contributed by atoms with Crippen LogP contribution in [0.4, 0.5) is 8.78 Å². The molecule has 0 aliphatic carbocycles. The molecule has 1 N–H and O–H groups in total. The molecule has 19 heavy (non-hydrogen) atoms. The molecule has 0 aromatic heterocycles. The maximum atomic E-state index is 12.4. The highest BCUT2D eigenvalue weighted by molar-refractivity contribution is 5.67. The Labute approximate surface area is 110 Å². The zero-order valence-corrected chi connectivity index (χ0v) is 10.6. The van der Waals surface area contributed by atoms with Crippen LogP contribution in [-0.4, -0.2) is 28.6 Å². The monoisotopic (exact) mass is 269 g/mol. The van der Waals surface area contributed by atoms with Crippen molar-refractivity contribution in [3.63, 3.8) is 0 Å². The minimum Gasteiger partial charge on any atom is -0.481 e. The van der Waals surface area contributed by atoms with E-state index in [-0.39, 0.29) is 18.0 Å². The average molecular weight is 269 g/mol. The van der Waals surface area contributed by atoms with E-state index in [4.69, 9.17) is 5.11 Å². The SMILES string of the molecule is O=C(O)CC1CCCN1Cc1ccc(C(F)F)cc1. The lowest BCUT2D eigenvalue weighted by atomic mass is 10.1. The van der Waals surface area contributed by atoms with Gasteiger partial charge in [-0.05, 0) is 24.9 Å². The summed E-state index contributed by atoms with van der Waals surface area (Å²) >= 11 is 0. The highest BCUT2D eigenvalue weighted by Gasteiger charge is 2.26. The molecule has 1 aliphatic rings. The summed E-state index contributed by atoms with van der Waals surface area (Å²) in [4.78, 5) is 12.9. The van der Waals surface area contributed by atoms with Crippen LogP contribution in [-0.2, 0) is 11.3 Å². The van der Waals surface area contributed by atoms with E-state index in [1.54, 1.807) is 12.1 Å². The fourth-order valence-electron chi connectivity index (χ4n) is 2.54. The second-order valence-corrected chi connectivity index (χ2v) is 4.91. The topological polar surface area (TPSA) is 40.5 Å². The van der Waals surface area contributed by atoms with Crippen LogP contribution in [0.5, 0.6) is 0 Å². The quantitative estimate of drug-likeness (QED) is 0.893. The van der Waals surface area contributed by atoms with Crippen LogP contribution in [0.3, 0.4) is 0 Å². The molecule has 0 amide bonds. The van der Waals surface area contributed by atoms with E-state index in [0.717, 1.165) is 24.9 Å². The number of halogens is 2. The molecule has 1 aliphatic heterocycles. The molecule has 0 radical (unpaired) electrons. The Balaban J connectivity index is 1.98. The number of benzene rings is 1. The van der Waals surface area contributed by atoms with Crippen molar-refractivity contribution in [2.45, 2.75) is 38.3 Å². The molecule has 2 rings (SSSR count). The van der Waals surface area contributed by atoms with E-state index >= 15 is 0 Å². The van der Waals surface area contributed by atoms with Gasteiger partial charge in [-0.15, -0.1) is 0 Å². The van der Waals surface area contributed by atoms with Gasteiger partial charge in [0.1, 0.15) is 0 Å². The van der Waals surface area contributed by atoms with Gasteiger partial charge in [0.15, 0.2) is 0 Å². The van der Waals surface area contributed by atoms with E-state index < -0.39 is 12.4 Å². The first-order valence-corrected chi connectivity index (χ1v) is 6.39. The third kappa shape index (κ3) is 3.73. The lowest BCUT2D eigenvalue weighted by Gasteiger charge is -2.23. The van der Waals surface area contributed by atoms with Crippen molar-refractivity contribution in [3.8, 4) is 0 Å². The molecule has 5 heteroatoms. The minimum absolute atomic E-state index is 0.0206. The number of carboxylic acid groups (broad SMARTS) is 1. The van der Waals surface area contributed by atoms with Gasteiger partial charge in [-0.1, -0.05) is 24.3 Å². The largest absolute Gasteiger partial charge is 0.481 e. The Morgan fingerprint density at radius 1 is 1.37 bits per heavy atom. The first-order chi connectivity index (χ1) is 9.06. The van der Waals surface area contributed by atoms with E-state index in [1.165, 1.54) is 12.1 Å². The number of alkyl halides is 2. The fourth-order valence-corrected chi connectivity index (χ4v) is 2.54. The molecule has 104 valence electrons. The van der Waals surface area contributed by atoms with Gasteiger partial charge in [-0.25, -0.2) is 8.78 Å². The van der Waals surface area contributed by atoms with E-state index in [1.807, 2.05) is 0 Å². The van der Waals surface area contributed by atoms with Crippen molar-refractivity contribution >= 4 is 5.97 Å². The molecule has 1 unspecified atom stereocenters. The van der Waals surface area contributed by atoms with Crippen LogP contribution in [0.1, 0.15) is 36.8 Å². The Morgan fingerprint density at radius 3 is 2.63 bits per heavy atom. The van der Waals surface area contributed by atoms with Crippen molar-refractivity contribution in [1.82, 2.24) is 4.90 Å². The first-order valence-electron chi connectivity index (χ1n) is 6.39. The van der Waals surface area contributed by atoms with E-state index in [2.05, 4.69) is 4.90 Å². The van der Waals surface area contributed by atoms with E-state index in [9.17, 15) is 13.6 Å². The zero-order chi connectivity index (χ0) is 13.8. The van der Waals surface area contributed by atoms with Crippen LogP contribution in [0.25, 0.3) is 0 Å². The van der Waals surface area contributed by atoms with Gasteiger partial charge in [0.25, 0.3) is 6.43 Å². The third-order valence-corrected chi connectivity index (χ3v) is 3.53. The molecule has 1 atom stereocenters. The lowest BCUT2D eigenvalue weighted by Crippen LogP contribution is -2.30. The summed E-state index contributed by atoms with van der Waals surface area (Å²) in [5.74, 6) is -0.787. The maximum absolute atomic E-state index is 12.4. The Hall–Kier alpha value is -1.49. The number of nitrogens with zero attached hydrogens (tertiary/aromatic N) is 1. The third-order valence-electron chi connectivity index (χ3n) is 3.53. The second-order valence-electron chi connectivity index (χ2n) is 4.91. The van der Waals surface area contributed by atoms with Crippen LogP contribution in [0.15, 0.2) is 24.3 Å². The summed E-state index contributed by atoms with van der Waals surface area (Å²) < 4.78 is 24.9. The summed E-state index contributed by atoms with van der Waals surface area (Å²) in [6.45, 7) is 1.50. The lowest BCUT2D eigenvalue weighted by molar-refractivity contribution is -0.138. The number of rotatable bonds is 5. The summed E-state index contributed by atoms with van der Waals surface area (Å²) in [6.07, 6.45) is -0.413. The molecule has 0 saturated carbocycles. The van der Waals surface area contributed by atoms with Crippen LogP contribution in [0.2, 0.25) is 0 Å². The van der Waals surface area contributed by atoms with Gasteiger partial charge in [0, 0.05) is 18.2 Å². The number of aliphatic carboxylic acids is 1. The molecule has 1 fully saturated rings. The highest BCUT2D eigenvalue weighted by Crippen LogP contribution is 2.24. The summed E-state index contributed by atoms with van der Waals surface area (Å²) in [5, 5.41) is 8.85. The van der Waals surface area contributed by atoms with Crippen molar-refractivity contribution in [2.75, 3.05) is 6.54 Å². The van der Waals surface area contributed by atoms with Crippen molar-refractivity contribution < 1.29 is 18.7 Å². The van der Waals surface area contributed by atoms with Gasteiger partial charge in [0.05, 0.1) is 6.42 Å². The van der Waals surface area contributed by atoms with Crippen LogP contribution >= 0.6 is 0 Å². The smallest absolute Gasteiger partial charge is 0.304 e. The predicted molar refractivity (Wildman–Crippen MR) is 67.1 cm³/mol. The Kier molecular flexibility index (Phi) is 4.47. The van der Waals surface area contributed by atoms with Gasteiger partial charge >= 0.3 is 5.97 Å². The number of hydrogen-bond donors (Lipinski definition) is 1. The summed E-state index contributed by atoms with van der Waals surface area (Å²) in [5.41, 5.74) is 0.967. The molecule has 0 bridgehead atoms. The summed E-state index contributed by atoms with van der Waals surface area (Å²) in [6, 6.07) is 6.31. The fraction of sp³-hybridized carbons (Fsp3) is 0.500. The van der Waals surface area contributed by atoms with Gasteiger partial charge in [0.2, 0.25) is 0 Å². The summed E-state index contributed by atoms with van der Waals surface area (Å²) in [7, 11) is 0. The molecular weight excluding hydrogens is 252 g/mol. The molecule has 3 nitrogen and oxygen atoms in total. The van der Waals surface area contributed by atoms with E-state index in [0.29, 0.717) is 6.54 Å². The van der Waals surface area contributed by atoms with Crippen molar-refractivity contribution in [2.24, 2.45) is 0 Å². The zero-order valence-electron chi connectivity index (χ0n) is 10.6. The van der Waals surface area contributed by atoms with Gasteiger partial charge in [-0.2, -0.15) is 0 Å². The highest BCUT2D eigenvalue weighted by atomic mass is 19.3. The molecule has 0 spiro atoms. The number of carbonyl (C=O) groups is 1. The first kappa shape index (κ1) is 13.9. The van der Waals surface area contributed by atoms with Crippen molar-refractivity contribution in [3.05, 3.63) is 35.4 Å². The number of hydrogen-bond acceptors (Lipinski definition) is 2. The van der Waals surface area contributed by atoms with Crippen LogP contribution < -0.4 is 0 Å². The number of likely N-dealkylation sites (tertiary alicyclic amines) is 1. The molecular formula is C14H17F2NO2. The maximum Gasteiger partial charge on any atom is 0.304 e. The standard InChI is InChI=1S/C14H17F2NO2/c15-14(16)11-5-3-10(4-6-11)9-17-7-1-2-12(17)8-13(18)19/h3-6,12,14H,1-2,7-9H2,(H,18,19). The molecule has 1 aromatic carbocycles. The van der Waals surface area contributed by atoms with Crippen molar-refractivity contribution in [1.29, 1.82) is 0 Å². The molecule has 1 aromatic rings.